The van der Waals surface area contributed by atoms with Crippen LogP contribution in [0.5, 0.6) is 0 Å². The van der Waals surface area contributed by atoms with Crippen molar-refractivity contribution in [3.63, 3.8) is 0 Å². The Morgan fingerprint density at radius 2 is 0.917 bits per heavy atom. The van der Waals surface area contributed by atoms with E-state index in [4.69, 9.17) is 0 Å². The zero-order chi connectivity index (χ0) is 7.35. The van der Waals surface area contributed by atoms with Crippen LogP contribution >= 0.6 is 0 Å². The third kappa shape index (κ3) is 0.179. The number of ketones is 1. The second-order valence-electron chi connectivity index (χ2n) is 6.07. The lowest BCUT2D eigenvalue weighted by molar-refractivity contribution is -0.183. The van der Waals surface area contributed by atoms with Crippen molar-refractivity contribution in [3.05, 3.63) is 0 Å². The topological polar surface area (TPSA) is 17.1 Å². The van der Waals surface area contributed by atoms with Gasteiger partial charge in [-0.15, -0.1) is 0 Å². The van der Waals surface area contributed by atoms with Gasteiger partial charge in [-0.05, 0) is 47.3 Å². The maximum atomic E-state index is 11.9. The molecule has 7 saturated carbocycles. The average Bonchev–Trinajstić information content (AvgIpc) is 2.40. The maximum Gasteiger partial charge on any atom is 0.140 e. The van der Waals surface area contributed by atoms with E-state index in [1.54, 1.807) is 0 Å². The fourth-order valence-electron chi connectivity index (χ4n) is 7.08. The third-order valence-corrected chi connectivity index (χ3v) is 6.76. The van der Waals surface area contributed by atoms with Gasteiger partial charge >= 0.3 is 0 Å². The standard InChI is InChI=1S/C11H10O/c12-11-9-5-1-2-4-3(1)7(9)8(4)10(11)6(2)5/h1-10H/t1?,2?,3?,4?,5-,6+,7-,8+,9?,10?. The number of hydrogen-bond donors (Lipinski definition) is 0. The molecule has 0 aromatic carbocycles. The van der Waals surface area contributed by atoms with Gasteiger partial charge in [0.15, 0.2) is 0 Å². The first-order chi connectivity index (χ1) is 5.91. The molecular formula is C11H10O. The van der Waals surface area contributed by atoms with Crippen LogP contribution in [0.4, 0.5) is 0 Å². The molecule has 0 spiro atoms. The lowest BCUT2D eigenvalue weighted by Crippen LogP contribution is -2.62. The molecule has 0 amide bonds. The van der Waals surface area contributed by atoms with Crippen molar-refractivity contribution < 1.29 is 4.79 Å². The van der Waals surface area contributed by atoms with Crippen molar-refractivity contribution in [2.75, 3.05) is 0 Å². The largest absolute Gasteiger partial charge is 0.299 e. The van der Waals surface area contributed by atoms with Crippen molar-refractivity contribution in [2.45, 2.75) is 0 Å². The molecule has 4 unspecified atom stereocenters. The first kappa shape index (κ1) is 4.78. The lowest BCUT2D eigenvalue weighted by atomic mass is 9.39. The van der Waals surface area contributed by atoms with Crippen LogP contribution in [0.2, 0.25) is 0 Å². The molecule has 1 heteroatoms. The molecule has 7 rings (SSSR count). The predicted molar refractivity (Wildman–Crippen MR) is 39.9 cm³/mol. The highest BCUT2D eigenvalue weighted by molar-refractivity contribution is 5.93. The first-order valence-electron chi connectivity index (χ1n) is 5.45. The summed E-state index contributed by atoms with van der Waals surface area (Å²) >= 11 is 0. The molecule has 0 aromatic rings. The summed E-state index contributed by atoms with van der Waals surface area (Å²) < 4.78 is 0. The summed E-state index contributed by atoms with van der Waals surface area (Å²) in [7, 11) is 0. The van der Waals surface area contributed by atoms with Gasteiger partial charge in [0.25, 0.3) is 0 Å². The van der Waals surface area contributed by atoms with E-state index in [0.717, 1.165) is 53.1 Å². The van der Waals surface area contributed by atoms with E-state index in [9.17, 15) is 4.79 Å². The molecule has 60 valence electrons. The first-order valence-corrected chi connectivity index (χ1v) is 5.45. The minimum absolute atomic E-state index is 0.620. The quantitative estimate of drug-likeness (QED) is 0.509. The number of carbonyl (C=O) groups is 1. The highest BCUT2D eigenvalue weighted by Crippen LogP contribution is 2.95. The number of rotatable bonds is 0. The Morgan fingerprint density at radius 3 is 1.25 bits per heavy atom. The van der Waals surface area contributed by atoms with Crippen molar-refractivity contribution in [2.24, 2.45) is 59.2 Å². The zero-order valence-corrected chi connectivity index (χ0v) is 6.68. The Labute approximate surface area is 70.5 Å². The van der Waals surface area contributed by atoms with E-state index in [-0.39, 0.29) is 0 Å². The van der Waals surface area contributed by atoms with Crippen molar-refractivity contribution >= 4 is 5.78 Å². The lowest BCUT2D eigenvalue weighted by Gasteiger charge is -2.65. The van der Waals surface area contributed by atoms with E-state index >= 15 is 0 Å². The Morgan fingerprint density at radius 1 is 0.583 bits per heavy atom. The van der Waals surface area contributed by atoms with Crippen molar-refractivity contribution in [1.82, 2.24) is 0 Å². The molecule has 0 radical (unpaired) electrons. The van der Waals surface area contributed by atoms with E-state index in [1.807, 2.05) is 0 Å². The predicted octanol–water partition coefficient (Wildman–Crippen LogP) is 0.799. The van der Waals surface area contributed by atoms with Gasteiger partial charge in [-0.3, -0.25) is 4.79 Å². The molecule has 2 bridgehead atoms. The van der Waals surface area contributed by atoms with Crippen LogP contribution in [0.25, 0.3) is 0 Å². The van der Waals surface area contributed by atoms with E-state index in [0.29, 0.717) is 11.8 Å². The molecule has 0 aliphatic heterocycles. The molecule has 1 nitrogen and oxygen atoms in total. The van der Waals surface area contributed by atoms with Crippen LogP contribution in [-0.4, -0.2) is 5.78 Å². The fraction of sp³-hybridized carbons (Fsp3) is 0.909. The maximum absolute atomic E-state index is 11.9. The average molecular weight is 158 g/mol. The minimum Gasteiger partial charge on any atom is -0.299 e. The number of carbonyl (C=O) groups excluding carboxylic acids is 1. The molecule has 12 heavy (non-hydrogen) atoms. The molecule has 0 N–H and O–H groups in total. The Hall–Kier alpha value is -0.330. The summed E-state index contributed by atoms with van der Waals surface area (Å²) in [4.78, 5) is 11.9. The molecule has 0 heterocycles. The summed E-state index contributed by atoms with van der Waals surface area (Å²) in [6, 6.07) is 0. The van der Waals surface area contributed by atoms with Gasteiger partial charge in [0.1, 0.15) is 5.78 Å². The van der Waals surface area contributed by atoms with Gasteiger partial charge in [-0.2, -0.15) is 0 Å². The molecular weight excluding hydrogens is 148 g/mol. The third-order valence-electron chi connectivity index (χ3n) is 6.76. The summed E-state index contributed by atoms with van der Waals surface area (Å²) in [6.07, 6.45) is 0. The van der Waals surface area contributed by atoms with Crippen molar-refractivity contribution in [1.29, 1.82) is 0 Å². The molecule has 0 saturated heterocycles. The minimum atomic E-state index is 0.620. The SMILES string of the molecule is O=C1C2[C@H]3C4C5C6C4[C@H]3C1[C@H]6[C@H]52. The van der Waals surface area contributed by atoms with Gasteiger partial charge < -0.3 is 0 Å². The van der Waals surface area contributed by atoms with Crippen LogP contribution in [0, 0.1) is 59.2 Å². The van der Waals surface area contributed by atoms with Crippen molar-refractivity contribution in [3.8, 4) is 0 Å². The molecule has 7 aliphatic carbocycles. The van der Waals surface area contributed by atoms with Crippen LogP contribution in [0.3, 0.4) is 0 Å². The van der Waals surface area contributed by atoms with Crippen LogP contribution in [0.15, 0.2) is 0 Å². The van der Waals surface area contributed by atoms with E-state index in [1.165, 1.54) is 0 Å². The summed E-state index contributed by atoms with van der Waals surface area (Å²) in [5.41, 5.74) is 0. The van der Waals surface area contributed by atoms with Gasteiger partial charge in [-0.25, -0.2) is 0 Å². The summed E-state index contributed by atoms with van der Waals surface area (Å²) in [6.45, 7) is 0. The monoisotopic (exact) mass is 158 g/mol. The van der Waals surface area contributed by atoms with E-state index < -0.39 is 0 Å². The number of Topliss-reactive ketones (excluding diaryl/α,β-unsaturated/α-hetero) is 1. The Bertz CT molecular complexity index is 303. The Balaban J connectivity index is 1.86. The second kappa shape index (κ2) is 0.935. The van der Waals surface area contributed by atoms with Gasteiger partial charge in [0.2, 0.25) is 0 Å². The zero-order valence-electron chi connectivity index (χ0n) is 6.68. The molecule has 7 aliphatic rings. The molecule has 7 fully saturated rings. The fourth-order valence-corrected chi connectivity index (χ4v) is 7.08. The van der Waals surface area contributed by atoms with Crippen LogP contribution in [0.1, 0.15) is 0 Å². The Kier molecular flexibility index (Phi) is 0.372. The molecule has 8 atom stereocenters. The highest BCUT2D eigenvalue weighted by atomic mass is 16.1. The van der Waals surface area contributed by atoms with Gasteiger partial charge in [0, 0.05) is 11.8 Å². The normalized spacial score (nSPS) is 93.2. The highest BCUT2D eigenvalue weighted by Gasteiger charge is 2.94. The van der Waals surface area contributed by atoms with Gasteiger partial charge in [0.05, 0.1) is 0 Å². The molecule has 0 aromatic heterocycles. The van der Waals surface area contributed by atoms with Crippen LogP contribution < -0.4 is 0 Å². The summed E-state index contributed by atoms with van der Waals surface area (Å²) in [5, 5.41) is 0. The number of hydrogen-bond acceptors (Lipinski definition) is 1. The summed E-state index contributed by atoms with van der Waals surface area (Å²) in [5.74, 6) is 10.1. The second-order valence-corrected chi connectivity index (χ2v) is 6.07. The smallest absolute Gasteiger partial charge is 0.140 e. The van der Waals surface area contributed by atoms with E-state index in [2.05, 4.69) is 0 Å². The van der Waals surface area contributed by atoms with Crippen LogP contribution in [-0.2, 0) is 4.79 Å². The van der Waals surface area contributed by atoms with Gasteiger partial charge in [-0.1, -0.05) is 0 Å².